The van der Waals surface area contributed by atoms with Crippen LogP contribution in [0.3, 0.4) is 0 Å². The predicted octanol–water partition coefficient (Wildman–Crippen LogP) is 2.19. The SMILES string of the molecule is SC(S)C1=CSCC1. The normalized spacial score (nSPS) is 19.6. The van der Waals surface area contributed by atoms with Crippen LogP contribution in [0.2, 0.25) is 0 Å². The van der Waals surface area contributed by atoms with E-state index in [9.17, 15) is 0 Å². The number of thioether (sulfide) groups is 1. The van der Waals surface area contributed by atoms with Gasteiger partial charge in [0.25, 0.3) is 0 Å². The van der Waals surface area contributed by atoms with Crippen LogP contribution in [0.15, 0.2) is 11.0 Å². The fraction of sp³-hybridized carbons (Fsp3) is 0.600. The molecule has 0 aliphatic carbocycles. The van der Waals surface area contributed by atoms with Crippen molar-refractivity contribution in [2.24, 2.45) is 0 Å². The molecule has 0 saturated carbocycles. The van der Waals surface area contributed by atoms with E-state index in [-0.39, 0.29) is 4.58 Å². The summed E-state index contributed by atoms with van der Waals surface area (Å²) in [7, 11) is 0. The van der Waals surface area contributed by atoms with E-state index in [0.717, 1.165) is 0 Å². The van der Waals surface area contributed by atoms with E-state index in [0.29, 0.717) is 0 Å². The van der Waals surface area contributed by atoms with Gasteiger partial charge in [0.15, 0.2) is 0 Å². The topological polar surface area (TPSA) is 0 Å². The lowest BCUT2D eigenvalue weighted by Crippen LogP contribution is -1.89. The van der Waals surface area contributed by atoms with Crippen molar-refractivity contribution in [3.63, 3.8) is 0 Å². The molecule has 0 aromatic heterocycles. The highest BCUT2D eigenvalue weighted by molar-refractivity contribution is 8.02. The third kappa shape index (κ3) is 1.64. The zero-order chi connectivity index (χ0) is 5.98. The molecule has 0 fully saturated rings. The standard InChI is InChI=1S/C5H8S3/c6-5(7)4-1-2-8-3-4/h3,5-7H,1-2H2. The molecule has 46 valence electrons. The summed E-state index contributed by atoms with van der Waals surface area (Å²) in [6.07, 6.45) is 1.17. The number of hydrogen-bond donors (Lipinski definition) is 2. The third-order valence-corrected chi connectivity index (χ3v) is 2.65. The molecule has 0 amide bonds. The molecule has 0 atom stereocenters. The molecular weight excluding hydrogens is 156 g/mol. The predicted molar refractivity (Wildman–Crippen MR) is 46.9 cm³/mol. The molecule has 0 aromatic rings. The van der Waals surface area contributed by atoms with Crippen LogP contribution in [0.25, 0.3) is 0 Å². The first-order valence-electron chi connectivity index (χ1n) is 2.47. The monoisotopic (exact) mass is 164 g/mol. The Morgan fingerprint density at radius 1 is 1.62 bits per heavy atom. The summed E-state index contributed by atoms with van der Waals surface area (Å²) >= 11 is 10.2. The summed E-state index contributed by atoms with van der Waals surface area (Å²) in [5.74, 6) is 1.22. The van der Waals surface area contributed by atoms with Crippen molar-refractivity contribution in [1.82, 2.24) is 0 Å². The van der Waals surface area contributed by atoms with Crippen LogP contribution in [0, 0.1) is 0 Å². The number of rotatable bonds is 1. The molecule has 0 spiro atoms. The smallest absolute Gasteiger partial charge is 0.0660 e. The van der Waals surface area contributed by atoms with Crippen molar-refractivity contribution in [2.45, 2.75) is 11.0 Å². The highest BCUT2D eigenvalue weighted by Gasteiger charge is 2.08. The summed E-state index contributed by atoms with van der Waals surface area (Å²) in [6.45, 7) is 0. The molecule has 0 unspecified atom stereocenters. The Morgan fingerprint density at radius 3 is 2.62 bits per heavy atom. The fourth-order valence-corrected chi connectivity index (χ4v) is 2.14. The van der Waals surface area contributed by atoms with Crippen LogP contribution in [-0.4, -0.2) is 10.3 Å². The lowest BCUT2D eigenvalue weighted by molar-refractivity contribution is 1.14. The molecule has 0 nitrogen and oxygen atoms in total. The molecule has 1 heterocycles. The molecule has 1 aliphatic rings. The third-order valence-electron chi connectivity index (χ3n) is 1.07. The van der Waals surface area contributed by atoms with E-state index < -0.39 is 0 Å². The van der Waals surface area contributed by atoms with Gasteiger partial charge in [0.1, 0.15) is 0 Å². The largest absolute Gasteiger partial charge is 0.161 e. The first-order chi connectivity index (χ1) is 3.80. The first-order valence-corrected chi connectivity index (χ1v) is 4.55. The number of hydrogen-bond acceptors (Lipinski definition) is 3. The Hall–Kier alpha value is 0.790. The van der Waals surface area contributed by atoms with E-state index in [4.69, 9.17) is 0 Å². The molecule has 1 aliphatic heterocycles. The van der Waals surface area contributed by atoms with E-state index in [2.05, 4.69) is 30.7 Å². The second-order valence-corrected chi connectivity index (χ2v) is 4.10. The maximum atomic E-state index is 4.18. The second-order valence-electron chi connectivity index (χ2n) is 1.69. The minimum absolute atomic E-state index is 0.171. The summed E-state index contributed by atoms with van der Waals surface area (Å²) < 4.78 is 0.171. The minimum Gasteiger partial charge on any atom is -0.161 e. The summed E-state index contributed by atoms with van der Waals surface area (Å²) in [4.78, 5) is 0. The van der Waals surface area contributed by atoms with Crippen LogP contribution < -0.4 is 0 Å². The van der Waals surface area contributed by atoms with Gasteiger partial charge in [0.2, 0.25) is 0 Å². The Kier molecular flexibility index (Phi) is 2.66. The molecule has 1 rings (SSSR count). The average Bonchev–Trinajstić information content (AvgIpc) is 2.12. The lowest BCUT2D eigenvalue weighted by atomic mass is 10.3. The maximum Gasteiger partial charge on any atom is 0.0660 e. The molecule has 0 radical (unpaired) electrons. The average molecular weight is 164 g/mol. The van der Waals surface area contributed by atoms with Crippen LogP contribution in [0.5, 0.6) is 0 Å². The van der Waals surface area contributed by atoms with E-state index in [1.54, 1.807) is 0 Å². The molecular formula is C5H8S3. The van der Waals surface area contributed by atoms with Crippen LogP contribution in [0.4, 0.5) is 0 Å². The molecule has 0 aromatic carbocycles. The maximum absolute atomic E-state index is 4.18. The van der Waals surface area contributed by atoms with Crippen molar-refractivity contribution < 1.29 is 0 Å². The minimum atomic E-state index is 0.171. The van der Waals surface area contributed by atoms with Gasteiger partial charge in [-0.25, -0.2) is 0 Å². The van der Waals surface area contributed by atoms with E-state index >= 15 is 0 Å². The summed E-state index contributed by atoms with van der Waals surface area (Å²) in [5, 5.41) is 2.16. The molecule has 0 N–H and O–H groups in total. The van der Waals surface area contributed by atoms with Crippen molar-refractivity contribution in [3.05, 3.63) is 11.0 Å². The van der Waals surface area contributed by atoms with Gasteiger partial charge in [0.05, 0.1) is 4.58 Å². The highest BCUT2D eigenvalue weighted by atomic mass is 32.2. The second kappa shape index (κ2) is 3.08. The Balaban J connectivity index is 2.45. The Bertz CT molecular complexity index is 106. The van der Waals surface area contributed by atoms with Gasteiger partial charge in [-0.05, 0) is 17.4 Å². The molecule has 3 heteroatoms. The van der Waals surface area contributed by atoms with Crippen molar-refractivity contribution >= 4 is 37.0 Å². The van der Waals surface area contributed by atoms with Crippen LogP contribution in [-0.2, 0) is 0 Å². The summed E-state index contributed by atoms with van der Waals surface area (Å²) in [5.41, 5.74) is 1.36. The number of thiol groups is 2. The highest BCUT2D eigenvalue weighted by Crippen LogP contribution is 2.28. The van der Waals surface area contributed by atoms with Crippen molar-refractivity contribution in [3.8, 4) is 0 Å². The van der Waals surface area contributed by atoms with Gasteiger partial charge in [-0.2, -0.15) is 25.3 Å². The van der Waals surface area contributed by atoms with E-state index in [1.807, 2.05) is 11.8 Å². The van der Waals surface area contributed by atoms with Gasteiger partial charge in [0, 0.05) is 5.75 Å². The first kappa shape index (κ1) is 6.90. The van der Waals surface area contributed by atoms with Gasteiger partial charge in [-0.3, -0.25) is 0 Å². The van der Waals surface area contributed by atoms with Crippen LogP contribution >= 0.6 is 37.0 Å². The molecule has 8 heavy (non-hydrogen) atoms. The van der Waals surface area contributed by atoms with Crippen LogP contribution in [0.1, 0.15) is 6.42 Å². The lowest BCUT2D eigenvalue weighted by Gasteiger charge is -2.00. The van der Waals surface area contributed by atoms with Crippen molar-refractivity contribution in [2.75, 3.05) is 5.75 Å². The summed E-state index contributed by atoms with van der Waals surface area (Å²) in [6, 6.07) is 0. The molecule has 0 saturated heterocycles. The van der Waals surface area contributed by atoms with E-state index in [1.165, 1.54) is 17.7 Å². The fourth-order valence-electron chi connectivity index (χ4n) is 0.592. The van der Waals surface area contributed by atoms with Gasteiger partial charge in [-0.1, -0.05) is 0 Å². The zero-order valence-electron chi connectivity index (χ0n) is 4.37. The Morgan fingerprint density at radius 2 is 2.38 bits per heavy atom. The van der Waals surface area contributed by atoms with Gasteiger partial charge in [-0.15, -0.1) is 11.8 Å². The quantitative estimate of drug-likeness (QED) is 0.442. The van der Waals surface area contributed by atoms with Gasteiger partial charge >= 0.3 is 0 Å². The van der Waals surface area contributed by atoms with Crippen molar-refractivity contribution in [1.29, 1.82) is 0 Å². The van der Waals surface area contributed by atoms with Gasteiger partial charge < -0.3 is 0 Å². The molecule has 0 bridgehead atoms. The zero-order valence-corrected chi connectivity index (χ0v) is 6.98. The Labute approximate surface area is 64.9 Å².